The molecule has 0 saturated carbocycles. The van der Waals surface area contributed by atoms with E-state index in [0.717, 1.165) is 42.8 Å². The van der Waals surface area contributed by atoms with Crippen LogP contribution in [-0.2, 0) is 6.42 Å². The summed E-state index contributed by atoms with van der Waals surface area (Å²) in [6, 6.07) is 3.93. The van der Waals surface area contributed by atoms with Crippen LogP contribution in [0.3, 0.4) is 0 Å². The molecule has 142 valence electrons. The summed E-state index contributed by atoms with van der Waals surface area (Å²) >= 11 is 0. The Morgan fingerprint density at radius 1 is 1.30 bits per heavy atom. The molecule has 4 heterocycles. The number of hydrogen-bond donors (Lipinski definition) is 0. The largest absolute Gasteiger partial charge is 0.339 e. The van der Waals surface area contributed by atoms with Gasteiger partial charge in [0.15, 0.2) is 5.82 Å². The predicted octanol–water partition coefficient (Wildman–Crippen LogP) is 3.24. The maximum Gasteiger partial charge on any atom is 0.274 e. The monoisotopic (exact) mass is 367 g/mol. The summed E-state index contributed by atoms with van der Waals surface area (Å²) in [5, 5.41) is 4.09. The van der Waals surface area contributed by atoms with Crippen LogP contribution in [0.5, 0.6) is 0 Å². The lowest BCUT2D eigenvalue weighted by Crippen LogP contribution is -2.39. The number of carbonyl (C=O) groups is 1. The Bertz CT molecular complexity index is 958. The minimum atomic E-state index is -0.0389. The quantitative estimate of drug-likeness (QED) is 0.707. The lowest BCUT2D eigenvalue weighted by Gasteiger charge is -2.30. The Morgan fingerprint density at radius 3 is 2.96 bits per heavy atom. The molecular weight excluding hydrogens is 342 g/mol. The average Bonchev–Trinajstić information content (AvgIpc) is 3.27. The van der Waals surface area contributed by atoms with E-state index in [0.29, 0.717) is 24.0 Å². The third-order valence-electron chi connectivity index (χ3n) is 4.95. The molecule has 1 atom stereocenters. The minimum Gasteiger partial charge on any atom is -0.339 e. The zero-order valence-electron chi connectivity index (χ0n) is 16.1. The van der Waals surface area contributed by atoms with E-state index in [-0.39, 0.29) is 11.8 Å². The summed E-state index contributed by atoms with van der Waals surface area (Å²) in [5.74, 6) is 1.94. The highest BCUT2D eigenvalue weighted by Crippen LogP contribution is 2.27. The van der Waals surface area contributed by atoms with Crippen LogP contribution in [0, 0.1) is 12.8 Å². The molecule has 0 bridgehead atoms. The molecule has 27 heavy (non-hydrogen) atoms. The summed E-state index contributed by atoms with van der Waals surface area (Å²) in [5.41, 5.74) is 2.39. The maximum absolute atomic E-state index is 13.0. The molecule has 0 aromatic carbocycles. The average molecular weight is 367 g/mol. The first-order chi connectivity index (χ1) is 13.0. The number of amides is 1. The van der Waals surface area contributed by atoms with Crippen LogP contribution >= 0.6 is 0 Å². The van der Waals surface area contributed by atoms with Gasteiger partial charge in [-0.2, -0.15) is 4.98 Å². The third kappa shape index (κ3) is 3.72. The standard InChI is InChI=1S/C20H25N5O2/c1-13(2)9-17-22-19(27-23-17)15-5-4-8-24(11-15)20(26)16-12-25-10-14(3)6-7-18(25)21-16/h6-7,10,12-13,15H,4-5,8-9,11H2,1-3H3/t15-/m1/s1. The number of hydrogen-bond acceptors (Lipinski definition) is 5. The first-order valence-electron chi connectivity index (χ1n) is 9.56. The highest BCUT2D eigenvalue weighted by molar-refractivity contribution is 5.93. The topological polar surface area (TPSA) is 76.5 Å². The number of aryl methyl sites for hydroxylation is 1. The van der Waals surface area contributed by atoms with Crippen molar-refractivity contribution in [3.05, 3.63) is 47.5 Å². The van der Waals surface area contributed by atoms with E-state index in [2.05, 4.69) is 29.0 Å². The van der Waals surface area contributed by atoms with E-state index in [1.165, 1.54) is 0 Å². The second-order valence-corrected chi connectivity index (χ2v) is 7.84. The van der Waals surface area contributed by atoms with E-state index < -0.39 is 0 Å². The maximum atomic E-state index is 13.0. The zero-order chi connectivity index (χ0) is 19.0. The van der Waals surface area contributed by atoms with Gasteiger partial charge in [-0.25, -0.2) is 4.98 Å². The van der Waals surface area contributed by atoms with Gasteiger partial charge in [0.2, 0.25) is 5.89 Å². The number of piperidine rings is 1. The molecule has 0 unspecified atom stereocenters. The van der Waals surface area contributed by atoms with Crippen LogP contribution in [0.2, 0.25) is 0 Å². The Balaban J connectivity index is 1.49. The van der Waals surface area contributed by atoms with E-state index in [9.17, 15) is 4.79 Å². The number of imidazole rings is 1. The second kappa shape index (κ2) is 7.13. The molecule has 1 aliphatic heterocycles. The summed E-state index contributed by atoms with van der Waals surface area (Å²) in [4.78, 5) is 23.9. The molecule has 1 saturated heterocycles. The molecule has 1 fully saturated rings. The van der Waals surface area contributed by atoms with Gasteiger partial charge in [0.1, 0.15) is 11.3 Å². The fourth-order valence-electron chi connectivity index (χ4n) is 3.61. The molecule has 0 spiro atoms. The van der Waals surface area contributed by atoms with Crippen molar-refractivity contribution in [1.29, 1.82) is 0 Å². The fourth-order valence-corrected chi connectivity index (χ4v) is 3.61. The van der Waals surface area contributed by atoms with E-state index in [4.69, 9.17) is 4.52 Å². The first-order valence-corrected chi connectivity index (χ1v) is 9.56. The molecule has 3 aromatic rings. The molecule has 0 radical (unpaired) electrons. The van der Waals surface area contributed by atoms with Crippen molar-refractivity contribution >= 4 is 11.6 Å². The first kappa shape index (κ1) is 17.7. The van der Waals surface area contributed by atoms with E-state index >= 15 is 0 Å². The number of fused-ring (bicyclic) bond motifs is 1. The van der Waals surface area contributed by atoms with Crippen LogP contribution in [0.1, 0.15) is 60.4 Å². The van der Waals surface area contributed by atoms with Gasteiger partial charge in [0.05, 0.1) is 5.92 Å². The van der Waals surface area contributed by atoms with Crippen molar-refractivity contribution in [1.82, 2.24) is 24.4 Å². The van der Waals surface area contributed by atoms with Gasteiger partial charge in [-0.05, 0) is 37.3 Å². The van der Waals surface area contributed by atoms with Gasteiger partial charge >= 0.3 is 0 Å². The fraction of sp³-hybridized carbons (Fsp3) is 0.500. The molecule has 0 N–H and O–H groups in total. The molecule has 0 aliphatic carbocycles. The lowest BCUT2D eigenvalue weighted by atomic mass is 9.97. The predicted molar refractivity (Wildman–Crippen MR) is 101 cm³/mol. The molecule has 7 nitrogen and oxygen atoms in total. The summed E-state index contributed by atoms with van der Waals surface area (Å²) < 4.78 is 7.38. The van der Waals surface area contributed by atoms with E-state index in [1.54, 1.807) is 0 Å². The zero-order valence-corrected chi connectivity index (χ0v) is 16.1. The van der Waals surface area contributed by atoms with Crippen molar-refractivity contribution in [2.24, 2.45) is 5.92 Å². The SMILES string of the molecule is Cc1ccc2nc(C(=O)N3CCC[C@@H](c4nc(CC(C)C)no4)C3)cn2c1. The minimum absolute atomic E-state index is 0.0389. The van der Waals surface area contributed by atoms with Crippen molar-refractivity contribution < 1.29 is 9.32 Å². The van der Waals surface area contributed by atoms with Gasteiger partial charge in [0, 0.05) is 31.9 Å². The van der Waals surface area contributed by atoms with Gasteiger partial charge < -0.3 is 13.8 Å². The van der Waals surface area contributed by atoms with Gasteiger partial charge in [-0.3, -0.25) is 4.79 Å². The molecule has 1 aliphatic rings. The number of pyridine rings is 1. The highest BCUT2D eigenvalue weighted by Gasteiger charge is 2.30. The number of nitrogens with zero attached hydrogens (tertiary/aromatic N) is 5. The Kier molecular flexibility index (Phi) is 4.68. The molecule has 7 heteroatoms. The summed E-state index contributed by atoms with van der Waals surface area (Å²) in [7, 11) is 0. The molecular formula is C20H25N5O2. The number of aromatic nitrogens is 4. The van der Waals surface area contributed by atoms with Gasteiger partial charge in [-0.1, -0.05) is 25.1 Å². The Morgan fingerprint density at radius 2 is 2.15 bits per heavy atom. The van der Waals surface area contributed by atoms with Crippen LogP contribution in [0.25, 0.3) is 5.65 Å². The van der Waals surface area contributed by atoms with Gasteiger partial charge in [0.25, 0.3) is 5.91 Å². The van der Waals surface area contributed by atoms with Crippen molar-refractivity contribution in [3.8, 4) is 0 Å². The highest BCUT2D eigenvalue weighted by atomic mass is 16.5. The number of rotatable bonds is 4. The molecule has 4 rings (SSSR count). The summed E-state index contributed by atoms with van der Waals surface area (Å²) in [6.07, 6.45) is 6.47. The molecule has 1 amide bonds. The smallest absolute Gasteiger partial charge is 0.274 e. The lowest BCUT2D eigenvalue weighted by molar-refractivity contribution is 0.0690. The molecule has 3 aromatic heterocycles. The van der Waals surface area contributed by atoms with Crippen LogP contribution in [-0.4, -0.2) is 43.4 Å². The third-order valence-corrected chi connectivity index (χ3v) is 4.95. The second-order valence-electron chi connectivity index (χ2n) is 7.84. The van der Waals surface area contributed by atoms with Gasteiger partial charge in [-0.15, -0.1) is 0 Å². The van der Waals surface area contributed by atoms with Crippen LogP contribution < -0.4 is 0 Å². The summed E-state index contributed by atoms with van der Waals surface area (Å²) in [6.45, 7) is 7.61. The Hall–Kier alpha value is -2.70. The Labute approximate surface area is 158 Å². The van der Waals surface area contributed by atoms with E-state index in [1.807, 2.05) is 40.8 Å². The number of carbonyl (C=O) groups excluding carboxylic acids is 1. The van der Waals surface area contributed by atoms with Crippen LogP contribution in [0.4, 0.5) is 0 Å². The van der Waals surface area contributed by atoms with Crippen LogP contribution in [0.15, 0.2) is 29.0 Å². The van der Waals surface area contributed by atoms with Crippen molar-refractivity contribution in [2.45, 2.75) is 46.0 Å². The normalized spacial score (nSPS) is 17.8. The van der Waals surface area contributed by atoms with Crippen molar-refractivity contribution in [2.75, 3.05) is 13.1 Å². The van der Waals surface area contributed by atoms with Crippen molar-refractivity contribution in [3.63, 3.8) is 0 Å². The number of likely N-dealkylation sites (tertiary alicyclic amines) is 1.